The third-order valence-electron chi connectivity index (χ3n) is 11.0. The van der Waals surface area contributed by atoms with Gasteiger partial charge in [-0.25, -0.2) is 0 Å². The zero-order valence-electron chi connectivity index (χ0n) is 28.8. The zero-order chi connectivity index (χ0) is 32.5. The lowest BCUT2D eigenvalue weighted by Gasteiger charge is -2.20. The summed E-state index contributed by atoms with van der Waals surface area (Å²) in [6.45, 7) is 20.9. The number of aromatic nitrogens is 2. The van der Waals surface area contributed by atoms with Crippen molar-refractivity contribution in [2.45, 2.75) is 78.6 Å². The Balaban J connectivity index is 1.45. The molecule has 0 amide bonds. The van der Waals surface area contributed by atoms with Gasteiger partial charge in [-0.3, -0.25) is 4.40 Å². The average Bonchev–Trinajstić information content (AvgIpc) is 3.77. The van der Waals surface area contributed by atoms with Crippen molar-refractivity contribution in [3.05, 3.63) is 95.6 Å². The van der Waals surface area contributed by atoms with Gasteiger partial charge in [0.1, 0.15) is 5.58 Å². The van der Waals surface area contributed by atoms with Crippen molar-refractivity contribution in [3.63, 3.8) is 0 Å². The molecule has 0 fully saturated rings. The Morgan fingerprint density at radius 2 is 0.936 bits per heavy atom. The number of hydrogen-bond acceptors (Lipinski definition) is 1. The summed E-state index contributed by atoms with van der Waals surface area (Å²) in [6, 6.07) is 30.3. The Morgan fingerprint density at radius 1 is 0.426 bits per heavy atom. The molecule has 0 saturated carbocycles. The summed E-state index contributed by atoms with van der Waals surface area (Å²) in [4.78, 5) is 0. The van der Waals surface area contributed by atoms with Crippen LogP contribution in [0.2, 0.25) is 0 Å². The smallest absolute Gasteiger partial charge is 0.213 e. The molecule has 0 radical (unpaired) electrons. The van der Waals surface area contributed by atoms with Crippen molar-refractivity contribution >= 4 is 87.4 Å². The van der Waals surface area contributed by atoms with E-state index in [1.165, 1.54) is 92.7 Å². The number of hydrogen-bond donors (Lipinski definition) is 0. The molecule has 0 bridgehead atoms. The van der Waals surface area contributed by atoms with Gasteiger partial charge in [0.25, 0.3) is 0 Å². The SMILES string of the molecule is CC(C)(C)c1ccc2c(c1)c1cc(C(C)(C)C)cc3c4cc5c6cc(C(C)(C)C)cc7c8c9ccccc9oc8n(c5cc4n2c13)c67. The first-order valence-electron chi connectivity index (χ1n) is 17.0. The zero-order valence-corrected chi connectivity index (χ0v) is 28.8. The summed E-state index contributed by atoms with van der Waals surface area (Å²) in [7, 11) is 0. The lowest BCUT2D eigenvalue weighted by Crippen LogP contribution is -2.11. The highest BCUT2D eigenvalue weighted by atomic mass is 16.3. The molecule has 0 atom stereocenters. The molecule has 232 valence electrons. The molecule has 47 heavy (non-hydrogen) atoms. The lowest BCUT2D eigenvalue weighted by atomic mass is 9.84. The van der Waals surface area contributed by atoms with Gasteiger partial charge >= 0.3 is 0 Å². The fourth-order valence-corrected chi connectivity index (χ4v) is 8.37. The first kappa shape index (κ1) is 27.4. The van der Waals surface area contributed by atoms with Gasteiger partial charge in [-0.2, -0.15) is 0 Å². The van der Waals surface area contributed by atoms with E-state index < -0.39 is 0 Å². The van der Waals surface area contributed by atoms with Crippen LogP contribution in [0, 0.1) is 0 Å². The molecule has 10 rings (SSSR count). The van der Waals surface area contributed by atoms with E-state index in [0.29, 0.717) is 0 Å². The lowest BCUT2D eigenvalue weighted by molar-refractivity contribution is 0.590. The van der Waals surface area contributed by atoms with Crippen molar-refractivity contribution in [2.24, 2.45) is 0 Å². The molecule has 5 aromatic carbocycles. The molecule has 0 aliphatic rings. The van der Waals surface area contributed by atoms with Crippen LogP contribution in [0.15, 0.2) is 83.3 Å². The van der Waals surface area contributed by atoms with Gasteiger partial charge in [0.05, 0.1) is 33.0 Å². The van der Waals surface area contributed by atoms with Gasteiger partial charge in [0, 0.05) is 43.1 Å². The normalized spacial score (nSPS) is 14.1. The van der Waals surface area contributed by atoms with E-state index in [0.717, 1.165) is 11.3 Å². The third-order valence-corrected chi connectivity index (χ3v) is 11.0. The summed E-state index contributed by atoms with van der Waals surface area (Å²) in [5, 5.41) is 11.6. The predicted octanol–water partition coefficient (Wildman–Crippen LogP) is 12.6. The van der Waals surface area contributed by atoms with E-state index in [1.807, 2.05) is 0 Å². The van der Waals surface area contributed by atoms with Gasteiger partial charge in [0.2, 0.25) is 5.71 Å². The van der Waals surface area contributed by atoms with E-state index in [1.54, 1.807) is 0 Å². The van der Waals surface area contributed by atoms with Crippen LogP contribution in [-0.4, -0.2) is 8.80 Å². The third kappa shape index (κ3) is 3.37. The van der Waals surface area contributed by atoms with Crippen LogP contribution in [-0.2, 0) is 16.2 Å². The van der Waals surface area contributed by atoms with E-state index >= 15 is 0 Å². The number of furan rings is 1. The molecule has 5 aromatic heterocycles. The van der Waals surface area contributed by atoms with Gasteiger partial charge in [0.15, 0.2) is 0 Å². The molecule has 0 N–H and O–H groups in total. The maximum absolute atomic E-state index is 6.72. The molecule has 0 saturated heterocycles. The van der Waals surface area contributed by atoms with Crippen LogP contribution in [0.1, 0.15) is 79.0 Å². The topological polar surface area (TPSA) is 22.0 Å². The highest BCUT2D eigenvalue weighted by molar-refractivity contribution is 6.31. The number of rotatable bonds is 0. The molecule has 10 aromatic rings. The highest BCUT2D eigenvalue weighted by Crippen LogP contribution is 2.48. The molecule has 0 spiro atoms. The maximum atomic E-state index is 6.72. The number of fused-ring (bicyclic) bond motifs is 14. The second-order valence-corrected chi connectivity index (χ2v) is 17.2. The Morgan fingerprint density at radius 3 is 1.55 bits per heavy atom. The van der Waals surface area contributed by atoms with Crippen LogP contribution in [0.4, 0.5) is 0 Å². The molecular weight excluding hydrogens is 572 g/mol. The molecule has 3 heteroatoms. The van der Waals surface area contributed by atoms with Crippen LogP contribution < -0.4 is 0 Å². The van der Waals surface area contributed by atoms with E-state index in [-0.39, 0.29) is 16.2 Å². The quantitative estimate of drug-likeness (QED) is 0.167. The predicted molar refractivity (Wildman–Crippen MR) is 202 cm³/mol. The van der Waals surface area contributed by atoms with Crippen molar-refractivity contribution in [3.8, 4) is 0 Å². The Hall–Kier alpha value is -4.76. The van der Waals surface area contributed by atoms with Gasteiger partial charge in [-0.05, 0) is 87.5 Å². The van der Waals surface area contributed by atoms with E-state index in [9.17, 15) is 0 Å². The summed E-state index contributed by atoms with van der Waals surface area (Å²) in [5.74, 6) is 0. The summed E-state index contributed by atoms with van der Waals surface area (Å²) >= 11 is 0. The van der Waals surface area contributed by atoms with Crippen molar-refractivity contribution < 1.29 is 4.42 Å². The maximum Gasteiger partial charge on any atom is 0.213 e. The van der Waals surface area contributed by atoms with Gasteiger partial charge in [-0.15, -0.1) is 0 Å². The Bertz CT molecular complexity index is 2940. The van der Waals surface area contributed by atoms with E-state index in [2.05, 4.69) is 150 Å². The molecular formula is C44H40N2O. The molecule has 0 aliphatic heterocycles. The van der Waals surface area contributed by atoms with Crippen molar-refractivity contribution in [1.82, 2.24) is 8.80 Å². The minimum Gasteiger partial charge on any atom is -0.439 e. The van der Waals surface area contributed by atoms with Crippen molar-refractivity contribution in [1.29, 1.82) is 0 Å². The molecule has 3 nitrogen and oxygen atoms in total. The fraction of sp³-hybridized carbons (Fsp3) is 0.273. The largest absolute Gasteiger partial charge is 0.439 e. The highest BCUT2D eigenvalue weighted by Gasteiger charge is 2.28. The Labute approximate surface area is 274 Å². The fourth-order valence-electron chi connectivity index (χ4n) is 8.37. The van der Waals surface area contributed by atoms with Crippen LogP contribution in [0.3, 0.4) is 0 Å². The number of benzene rings is 5. The number of nitrogens with zero attached hydrogens (tertiary/aromatic N) is 2. The minimum absolute atomic E-state index is 0.00843. The van der Waals surface area contributed by atoms with Gasteiger partial charge < -0.3 is 8.82 Å². The van der Waals surface area contributed by atoms with E-state index in [4.69, 9.17) is 4.42 Å². The summed E-state index contributed by atoms with van der Waals surface area (Å²) in [5.41, 5.74) is 12.4. The second-order valence-electron chi connectivity index (χ2n) is 17.2. The first-order valence-corrected chi connectivity index (χ1v) is 17.0. The summed E-state index contributed by atoms with van der Waals surface area (Å²) in [6.07, 6.45) is 0. The monoisotopic (exact) mass is 612 g/mol. The standard InChI is InChI=1S/C44H40N2O/c1-42(2,3)23-14-15-34-27(16-23)30-17-24(43(4,5)6)18-31-28-21-29-32-19-25(44(7,8)9)20-33-38-26-12-10-11-13-37(26)47-41(38)46(40(32)33)36(29)22-35(28)45(34)39(30)31/h10-22H,1-9H3. The van der Waals surface area contributed by atoms with Crippen LogP contribution in [0.5, 0.6) is 0 Å². The molecule has 0 aliphatic carbocycles. The Kier molecular flexibility index (Phi) is 4.77. The van der Waals surface area contributed by atoms with Crippen LogP contribution >= 0.6 is 0 Å². The first-order chi connectivity index (χ1) is 22.2. The average molecular weight is 613 g/mol. The summed E-state index contributed by atoms with van der Waals surface area (Å²) < 4.78 is 11.7. The molecule has 0 unspecified atom stereocenters. The van der Waals surface area contributed by atoms with Crippen molar-refractivity contribution in [2.75, 3.05) is 0 Å². The van der Waals surface area contributed by atoms with Gasteiger partial charge in [-0.1, -0.05) is 86.6 Å². The number of para-hydroxylation sites is 1. The minimum atomic E-state index is 0.00843. The molecule has 5 heterocycles. The second kappa shape index (κ2) is 8.20. The van der Waals surface area contributed by atoms with Crippen LogP contribution in [0.25, 0.3) is 87.4 Å².